The molecule has 1 aliphatic rings. The fraction of sp³-hybridized carbons (Fsp3) is 0.500. The maximum Gasteiger partial charge on any atom is 0.411 e. The Kier molecular flexibility index (Phi) is 4.43. The average Bonchev–Trinajstić information content (AvgIpc) is 2.37. The van der Waals surface area contributed by atoms with Gasteiger partial charge in [0.05, 0.1) is 18.0 Å². The Morgan fingerprint density at radius 1 is 1.20 bits per heavy atom. The molecule has 1 aliphatic heterocycles. The van der Waals surface area contributed by atoms with E-state index in [2.05, 4.69) is 10.1 Å². The van der Waals surface area contributed by atoms with Crippen molar-refractivity contribution in [2.45, 2.75) is 6.18 Å². The van der Waals surface area contributed by atoms with E-state index in [0.717, 1.165) is 0 Å². The normalized spacial score (nSPS) is 14.2. The second-order valence-electron chi connectivity index (χ2n) is 4.18. The third-order valence-electron chi connectivity index (χ3n) is 2.54. The minimum Gasteiger partial charge on any atom is -0.486 e. The van der Waals surface area contributed by atoms with Crippen molar-refractivity contribution in [3.8, 4) is 11.5 Å². The van der Waals surface area contributed by atoms with E-state index in [1.165, 1.54) is 0 Å². The van der Waals surface area contributed by atoms with Crippen LogP contribution in [0.15, 0.2) is 12.1 Å². The molecular formula is C12H15F3N2O3. The van der Waals surface area contributed by atoms with Crippen LogP contribution < -0.4 is 20.5 Å². The Morgan fingerprint density at radius 2 is 1.85 bits per heavy atom. The summed E-state index contributed by atoms with van der Waals surface area (Å²) < 4.78 is 50.8. The molecule has 0 aliphatic carbocycles. The molecule has 2 rings (SSSR count). The molecule has 0 spiro atoms. The van der Waals surface area contributed by atoms with Crippen LogP contribution in [0.3, 0.4) is 0 Å². The fourth-order valence-corrected chi connectivity index (χ4v) is 1.70. The smallest absolute Gasteiger partial charge is 0.411 e. The summed E-state index contributed by atoms with van der Waals surface area (Å²) in [6.07, 6.45) is -4.31. The van der Waals surface area contributed by atoms with Gasteiger partial charge in [-0.15, -0.1) is 0 Å². The number of ether oxygens (including phenoxy) is 3. The Hall–Kier alpha value is -1.83. The van der Waals surface area contributed by atoms with Crippen LogP contribution in [-0.4, -0.2) is 39.1 Å². The first-order valence-electron chi connectivity index (χ1n) is 6.03. The summed E-state index contributed by atoms with van der Waals surface area (Å²) in [5, 5.41) is 2.90. The third kappa shape index (κ3) is 4.09. The van der Waals surface area contributed by atoms with Gasteiger partial charge in [-0.05, 0) is 0 Å². The molecule has 0 bridgehead atoms. The number of nitrogens with two attached hydrogens (primary N) is 1. The van der Waals surface area contributed by atoms with Crippen LogP contribution in [0, 0.1) is 0 Å². The van der Waals surface area contributed by atoms with Gasteiger partial charge >= 0.3 is 6.18 Å². The summed E-state index contributed by atoms with van der Waals surface area (Å²) in [6.45, 7) is -0.214. The van der Waals surface area contributed by atoms with E-state index in [1.807, 2.05) is 0 Å². The van der Waals surface area contributed by atoms with E-state index in [0.29, 0.717) is 36.1 Å². The average molecular weight is 292 g/mol. The third-order valence-corrected chi connectivity index (χ3v) is 2.54. The maximum absolute atomic E-state index is 11.9. The monoisotopic (exact) mass is 292 g/mol. The molecule has 0 amide bonds. The molecule has 1 aromatic rings. The standard InChI is InChI=1S/C12H15F3N2O3/c13-12(14,15)7-18-2-1-17-9-6-11-10(5-8(9)16)19-3-4-20-11/h5-6,17H,1-4,7,16H2. The Labute approximate surface area is 113 Å². The first kappa shape index (κ1) is 14.6. The van der Waals surface area contributed by atoms with Crippen molar-refractivity contribution < 1.29 is 27.4 Å². The van der Waals surface area contributed by atoms with E-state index >= 15 is 0 Å². The second-order valence-corrected chi connectivity index (χ2v) is 4.18. The fourth-order valence-electron chi connectivity index (χ4n) is 1.70. The minimum absolute atomic E-state index is 0.0760. The second kappa shape index (κ2) is 6.08. The van der Waals surface area contributed by atoms with Crippen LogP contribution >= 0.6 is 0 Å². The first-order chi connectivity index (χ1) is 9.46. The zero-order chi connectivity index (χ0) is 14.6. The molecular weight excluding hydrogens is 277 g/mol. The van der Waals surface area contributed by atoms with Gasteiger partial charge in [0.1, 0.15) is 19.8 Å². The van der Waals surface area contributed by atoms with Gasteiger partial charge in [-0.3, -0.25) is 0 Å². The molecule has 0 fully saturated rings. The highest BCUT2D eigenvalue weighted by Gasteiger charge is 2.27. The molecule has 0 atom stereocenters. The quantitative estimate of drug-likeness (QED) is 0.642. The van der Waals surface area contributed by atoms with E-state index < -0.39 is 12.8 Å². The van der Waals surface area contributed by atoms with Crippen molar-refractivity contribution in [1.29, 1.82) is 0 Å². The SMILES string of the molecule is Nc1cc2c(cc1NCCOCC(F)(F)F)OCCO2. The molecule has 3 N–H and O–H groups in total. The predicted octanol–water partition coefficient (Wildman–Crippen LogP) is 2.03. The minimum atomic E-state index is -4.31. The van der Waals surface area contributed by atoms with E-state index in [4.69, 9.17) is 15.2 Å². The zero-order valence-corrected chi connectivity index (χ0v) is 10.6. The summed E-state index contributed by atoms with van der Waals surface area (Å²) in [6, 6.07) is 3.28. The van der Waals surface area contributed by atoms with Gasteiger partial charge in [-0.2, -0.15) is 13.2 Å². The molecule has 0 saturated heterocycles. The van der Waals surface area contributed by atoms with Crippen LogP contribution in [-0.2, 0) is 4.74 Å². The number of fused-ring (bicyclic) bond motifs is 1. The van der Waals surface area contributed by atoms with Gasteiger partial charge in [-0.1, -0.05) is 0 Å². The zero-order valence-electron chi connectivity index (χ0n) is 10.6. The van der Waals surface area contributed by atoms with E-state index in [9.17, 15) is 13.2 Å². The molecule has 1 heterocycles. The molecule has 20 heavy (non-hydrogen) atoms. The van der Waals surface area contributed by atoms with Gasteiger partial charge in [0.15, 0.2) is 11.5 Å². The number of halogens is 3. The van der Waals surface area contributed by atoms with Crippen LogP contribution in [0.1, 0.15) is 0 Å². The van der Waals surface area contributed by atoms with Crippen LogP contribution in [0.2, 0.25) is 0 Å². The predicted molar refractivity (Wildman–Crippen MR) is 67.2 cm³/mol. The Morgan fingerprint density at radius 3 is 2.50 bits per heavy atom. The van der Waals surface area contributed by atoms with Crippen molar-refractivity contribution in [1.82, 2.24) is 0 Å². The Balaban J connectivity index is 1.84. The largest absolute Gasteiger partial charge is 0.486 e. The number of hydrogen-bond acceptors (Lipinski definition) is 5. The van der Waals surface area contributed by atoms with Crippen molar-refractivity contribution in [2.75, 3.05) is 44.0 Å². The molecule has 0 saturated carbocycles. The first-order valence-corrected chi connectivity index (χ1v) is 6.03. The lowest BCUT2D eigenvalue weighted by Crippen LogP contribution is -2.20. The lowest BCUT2D eigenvalue weighted by atomic mass is 10.2. The molecule has 0 radical (unpaired) electrons. The van der Waals surface area contributed by atoms with Crippen molar-refractivity contribution in [3.05, 3.63) is 12.1 Å². The van der Waals surface area contributed by atoms with Gasteiger partial charge in [0, 0.05) is 18.7 Å². The Bertz CT molecular complexity index is 466. The van der Waals surface area contributed by atoms with Crippen LogP contribution in [0.4, 0.5) is 24.5 Å². The maximum atomic E-state index is 11.9. The van der Waals surface area contributed by atoms with Gasteiger partial charge in [0.2, 0.25) is 0 Å². The highest BCUT2D eigenvalue weighted by molar-refractivity contribution is 5.72. The summed E-state index contributed by atoms with van der Waals surface area (Å²) in [4.78, 5) is 0. The molecule has 112 valence electrons. The van der Waals surface area contributed by atoms with Crippen molar-refractivity contribution in [2.24, 2.45) is 0 Å². The molecule has 1 aromatic carbocycles. The van der Waals surface area contributed by atoms with Gasteiger partial charge < -0.3 is 25.3 Å². The number of hydrogen-bond donors (Lipinski definition) is 2. The molecule has 0 unspecified atom stereocenters. The highest BCUT2D eigenvalue weighted by atomic mass is 19.4. The van der Waals surface area contributed by atoms with Crippen LogP contribution in [0.5, 0.6) is 11.5 Å². The number of anilines is 2. The topological polar surface area (TPSA) is 65.7 Å². The summed E-state index contributed by atoms with van der Waals surface area (Å²) in [5.74, 6) is 1.12. The number of nitrogens with one attached hydrogen (secondary N) is 1. The lowest BCUT2D eigenvalue weighted by molar-refractivity contribution is -0.172. The molecule has 5 nitrogen and oxygen atoms in total. The number of alkyl halides is 3. The van der Waals surface area contributed by atoms with E-state index in [1.54, 1.807) is 12.1 Å². The summed E-state index contributed by atoms with van der Waals surface area (Å²) in [7, 11) is 0. The van der Waals surface area contributed by atoms with Gasteiger partial charge in [-0.25, -0.2) is 0 Å². The highest BCUT2D eigenvalue weighted by Crippen LogP contribution is 2.36. The summed E-state index contributed by atoms with van der Waals surface area (Å²) >= 11 is 0. The number of benzene rings is 1. The number of nitrogen functional groups attached to an aromatic ring is 1. The summed E-state index contributed by atoms with van der Waals surface area (Å²) in [5.41, 5.74) is 6.82. The van der Waals surface area contributed by atoms with Crippen molar-refractivity contribution >= 4 is 11.4 Å². The lowest BCUT2D eigenvalue weighted by Gasteiger charge is -2.20. The van der Waals surface area contributed by atoms with E-state index in [-0.39, 0.29) is 13.2 Å². The number of rotatable bonds is 5. The molecule has 0 aromatic heterocycles. The van der Waals surface area contributed by atoms with Crippen LogP contribution in [0.25, 0.3) is 0 Å². The molecule has 8 heteroatoms. The van der Waals surface area contributed by atoms with Crippen molar-refractivity contribution in [3.63, 3.8) is 0 Å². The van der Waals surface area contributed by atoms with Gasteiger partial charge in [0.25, 0.3) is 0 Å².